The number of hydrogen-bond acceptors (Lipinski definition) is 1. The minimum absolute atomic E-state index is 0.867. The summed E-state index contributed by atoms with van der Waals surface area (Å²) in [5, 5.41) is 8.82. The molecule has 2 nitrogen and oxygen atoms in total. The Kier molecular flexibility index (Phi) is 3.77. The lowest BCUT2D eigenvalue weighted by atomic mass is 10.0. The highest BCUT2D eigenvalue weighted by molar-refractivity contribution is 5.67. The minimum Gasteiger partial charge on any atom is -0.354 e. The molecule has 1 heterocycles. The highest BCUT2D eigenvalue weighted by Crippen LogP contribution is 2.18. The van der Waals surface area contributed by atoms with Crippen LogP contribution in [0.1, 0.15) is 12.0 Å². The van der Waals surface area contributed by atoms with E-state index in [1.54, 1.807) is 6.08 Å². The highest BCUT2D eigenvalue weighted by Gasteiger charge is 2.01. The molecule has 2 aromatic rings. The zero-order valence-corrected chi connectivity index (χ0v) is 9.58. The molecule has 0 saturated carbocycles. The number of aryl methyl sites for hydroxylation is 1. The topological polar surface area (TPSA) is 28.7 Å². The van der Waals surface area contributed by atoms with Crippen LogP contribution in [-0.4, -0.2) is 4.57 Å². The number of nitriles is 1. The summed E-state index contributed by atoms with van der Waals surface area (Å²) in [6.45, 7) is 0.898. The number of hydrogen-bond donors (Lipinski definition) is 0. The molecule has 0 atom stereocenters. The van der Waals surface area contributed by atoms with Gasteiger partial charge >= 0.3 is 0 Å². The molecule has 0 saturated heterocycles. The second kappa shape index (κ2) is 5.72. The molecule has 0 unspecified atom stereocenters. The quantitative estimate of drug-likeness (QED) is 0.728. The van der Waals surface area contributed by atoms with Gasteiger partial charge in [-0.15, -0.1) is 0 Å². The van der Waals surface area contributed by atoms with Gasteiger partial charge in [0, 0.05) is 25.0 Å². The van der Waals surface area contributed by atoms with E-state index in [0.29, 0.717) is 0 Å². The maximum absolute atomic E-state index is 8.82. The van der Waals surface area contributed by atoms with Crippen molar-refractivity contribution in [3.05, 3.63) is 66.5 Å². The maximum atomic E-state index is 8.82. The molecule has 0 bridgehead atoms. The first kappa shape index (κ1) is 11.2. The zero-order chi connectivity index (χ0) is 11.9. The van der Waals surface area contributed by atoms with Gasteiger partial charge in [0.25, 0.3) is 0 Å². The van der Waals surface area contributed by atoms with E-state index >= 15 is 0 Å². The van der Waals surface area contributed by atoms with Crippen molar-refractivity contribution in [2.75, 3.05) is 0 Å². The third-order valence-electron chi connectivity index (χ3n) is 2.69. The first-order valence-corrected chi connectivity index (χ1v) is 5.65. The van der Waals surface area contributed by atoms with E-state index < -0.39 is 0 Å². The number of rotatable bonds is 4. The summed E-state index contributed by atoms with van der Waals surface area (Å²) in [5.41, 5.74) is 2.21. The van der Waals surface area contributed by atoms with Crippen LogP contribution >= 0.6 is 0 Å². The fourth-order valence-electron chi connectivity index (χ4n) is 1.80. The largest absolute Gasteiger partial charge is 0.354 e. The summed E-state index contributed by atoms with van der Waals surface area (Å²) < 4.78 is 2.12. The normalized spacial score (nSPS) is 11.1. The van der Waals surface area contributed by atoms with Gasteiger partial charge in [-0.3, -0.25) is 0 Å². The Morgan fingerprint density at radius 2 is 1.82 bits per heavy atom. The van der Waals surface area contributed by atoms with E-state index in [1.165, 1.54) is 0 Å². The summed E-state index contributed by atoms with van der Waals surface area (Å²) in [6, 6.07) is 16.2. The van der Waals surface area contributed by atoms with Crippen molar-refractivity contribution < 1.29 is 0 Å². The lowest BCUT2D eigenvalue weighted by Gasteiger charge is -2.07. The first-order chi connectivity index (χ1) is 8.40. The van der Waals surface area contributed by atoms with Crippen LogP contribution in [0.4, 0.5) is 0 Å². The van der Waals surface area contributed by atoms with E-state index in [0.717, 1.165) is 24.1 Å². The van der Waals surface area contributed by atoms with Crippen LogP contribution in [0.2, 0.25) is 0 Å². The van der Waals surface area contributed by atoms with E-state index in [2.05, 4.69) is 10.6 Å². The lowest BCUT2D eigenvalue weighted by Crippen LogP contribution is -1.96. The van der Waals surface area contributed by atoms with Gasteiger partial charge < -0.3 is 4.57 Å². The number of nitrogens with zero attached hydrogens (tertiary/aromatic N) is 2. The molecule has 1 aromatic carbocycles. The first-order valence-electron chi connectivity index (χ1n) is 5.65. The summed E-state index contributed by atoms with van der Waals surface area (Å²) in [4.78, 5) is 0. The average molecular weight is 222 g/mol. The second-order valence-electron chi connectivity index (χ2n) is 3.84. The van der Waals surface area contributed by atoms with Crippen molar-refractivity contribution in [3.8, 4) is 6.07 Å². The molecule has 84 valence electrons. The molecule has 2 heteroatoms. The van der Waals surface area contributed by atoms with Crippen LogP contribution in [0.5, 0.6) is 0 Å². The molecule has 0 fully saturated rings. The highest BCUT2D eigenvalue weighted by atomic mass is 14.9. The van der Waals surface area contributed by atoms with Crippen molar-refractivity contribution in [2.45, 2.75) is 13.0 Å². The average Bonchev–Trinajstić information content (AvgIpc) is 2.88. The Bertz CT molecular complexity index is 516. The van der Waals surface area contributed by atoms with Crippen LogP contribution < -0.4 is 0 Å². The van der Waals surface area contributed by atoms with Crippen LogP contribution in [0.15, 0.2) is 60.9 Å². The Morgan fingerprint density at radius 1 is 1.12 bits per heavy atom. The van der Waals surface area contributed by atoms with Gasteiger partial charge in [-0.25, -0.2) is 0 Å². The molecule has 0 spiro atoms. The molecule has 17 heavy (non-hydrogen) atoms. The fourth-order valence-corrected chi connectivity index (χ4v) is 1.80. The number of aromatic nitrogens is 1. The molecular formula is C15H14N2. The molecule has 2 rings (SSSR count). The van der Waals surface area contributed by atoms with E-state index in [9.17, 15) is 0 Å². The van der Waals surface area contributed by atoms with Crippen LogP contribution in [0.3, 0.4) is 0 Å². The summed E-state index contributed by atoms with van der Waals surface area (Å²) in [5.74, 6) is 0. The molecule has 0 amide bonds. The molecular weight excluding hydrogens is 208 g/mol. The van der Waals surface area contributed by atoms with E-state index in [4.69, 9.17) is 5.26 Å². The predicted octanol–water partition coefficient (Wildman–Crippen LogP) is 3.49. The van der Waals surface area contributed by atoms with E-state index in [-0.39, 0.29) is 0 Å². The molecule has 0 N–H and O–H groups in total. The van der Waals surface area contributed by atoms with Gasteiger partial charge in [0.1, 0.15) is 0 Å². The Balaban J connectivity index is 2.10. The van der Waals surface area contributed by atoms with Gasteiger partial charge in [0.2, 0.25) is 0 Å². The zero-order valence-electron chi connectivity index (χ0n) is 9.58. The molecule has 0 radical (unpaired) electrons. The monoisotopic (exact) mass is 222 g/mol. The fraction of sp³-hybridized carbons (Fsp3) is 0.133. The van der Waals surface area contributed by atoms with E-state index in [1.807, 2.05) is 54.9 Å². The van der Waals surface area contributed by atoms with Gasteiger partial charge in [-0.1, -0.05) is 30.3 Å². The number of allylic oxidation sites excluding steroid dienone is 2. The standard InChI is InChI=1S/C15H14N2/c16-10-8-15(14-6-2-1-3-7-14)9-13-17-11-4-5-12-17/h1-8,11-12H,9,13H2. The van der Waals surface area contributed by atoms with Crippen LogP contribution in [0, 0.1) is 11.3 Å². The molecule has 1 aromatic heterocycles. The van der Waals surface area contributed by atoms with Gasteiger partial charge in [0.15, 0.2) is 0 Å². The van der Waals surface area contributed by atoms with Crippen molar-refractivity contribution in [3.63, 3.8) is 0 Å². The Labute approximate surface area is 101 Å². The summed E-state index contributed by atoms with van der Waals surface area (Å²) >= 11 is 0. The molecule has 0 aliphatic heterocycles. The van der Waals surface area contributed by atoms with Gasteiger partial charge in [-0.05, 0) is 29.7 Å². The third-order valence-corrected chi connectivity index (χ3v) is 2.69. The van der Waals surface area contributed by atoms with Gasteiger partial charge in [-0.2, -0.15) is 5.26 Å². The summed E-state index contributed by atoms with van der Waals surface area (Å²) in [6.07, 6.45) is 6.58. The molecule has 0 aliphatic rings. The van der Waals surface area contributed by atoms with Crippen molar-refractivity contribution in [1.82, 2.24) is 4.57 Å². The Hall–Kier alpha value is -2.27. The van der Waals surface area contributed by atoms with Crippen molar-refractivity contribution >= 4 is 5.57 Å². The third kappa shape index (κ3) is 3.09. The summed E-state index contributed by atoms with van der Waals surface area (Å²) in [7, 11) is 0. The van der Waals surface area contributed by atoms with Crippen molar-refractivity contribution in [1.29, 1.82) is 5.26 Å². The smallest absolute Gasteiger partial charge is 0.0915 e. The lowest BCUT2D eigenvalue weighted by molar-refractivity contribution is 0.722. The minimum atomic E-state index is 0.867. The van der Waals surface area contributed by atoms with Crippen molar-refractivity contribution in [2.24, 2.45) is 0 Å². The van der Waals surface area contributed by atoms with Gasteiger partial charge in [0.05, 0.1) is 6.07 Å². The van der Waals surface area contributed by atoms with Crippen LogP contribution in [-0.2, 0) is 6.54 Å². The maximum Gasteiger partial charge on any atom is 0.0915 e. The predicted molar refractivity (Wildman–Crippen MR) is 69.1 cm³/mol. The number of benzene rings is 1. The Morgan fingerprint density at radius 3 is 2.47 bits per heavy atom. The second-order valence-corrected chi connectivity index (χ2v) is 3.84. The van der Waals surface area contributed by atoms with Crippen LogP contribution in [0.25, 0.3) is 5.57 Å². The SMILES string of the molecule is N#CC=C(CCn1cccc1)c1ccccc1. The molecule has 0 aliphatic carbocycles.